The van der Waals surface area contributed by atoms with Crippen LogP contribution in [0.15, 0.2) is 0 Å². The van der Waals surface area contributed by atoms with Gasteiger partial charge in [0.05, 0.1) is 0 Å². The maximum atomic E-state index is 10.2. The minimum absolute atomic E-state index is 0.676. The molecule has 0 aliphatic rings. The summed E-state index contributed by atoms with van der Waals surface area (Å²) < 4.78 is 1.20. The van der Waals surface area contributed by atoms with Crippen molar-refractivity contribution in [3.05, 3.63) is 0 Å². The third-order valence-electron chi connectivity index (χ3n) is 2.84. The predicted octanol–water partition coefficient (Wildman–Crippen LogP) is 4.52. The number of hydrogen-bond donors (Lipinski definition) is 0. The highest BCUT2D eigenvalue weighted by molar-refractivity contribution is 6.18. The molecule has 0 N–H and O–H groups in total. The smallest absolute Gasteiger partial charge is 0.224 e. The Morgan fingerprint density at radius 1 is 0.875 bits per heavy atom. The molecule has 0 bridgehead atoms. The number of rotatable bonds is 12. The van der Waals surface area contributed by atoms with Crippen molar-refractivity contribution in [2.45, 2.75) is 71.1 Å². The second-order valence-corrected chi connectivity index (χ2v) is 4.84. The molecule has 0 unspecified atom stereocenters. The largest absolute Gasteiger partial charge is 0.277 e. The van der Waals surface area contributed by atoms with Crippen molar-refractivity contribution in [2.75, 3.05) is 6.54 Å². The lowest BCUT2D eigenvalue weighted by atomic mass is 10.1. The van der Waals surface area contributed by atoms with Crippen LogP contribution < -0.4 is 0 Å². The highest BCUT2D eigenvalue weighted by Gasteiger charge is 1.96. The first-order valence-corrected chi connectivity index (χ1v) is 7.02. The number of unbranched alkanes of at least 4 members (excludes halogenated alkanes) is 9. The van der Waals surface area contributed by atoms with Gasteiger partial charge in [0.1, 0.15) is 0 Å². The Bertz CT molecular complexity index is 153. The van der Waals surface area contributed by atoms with Crippen LogP contribution in [-0.2, 0) is 4.79 Å². The molecule has 0 heterocycles. The predicted molar refractivity (Wildman–Crippen MR) is 70.5 cm³/mol. The average molecular weight is 248 g/mol. The molecule has 0 rings (SSSR count). The van der Waals surface area contributed by atoms with Gasteiger partial charge in [-0.15, -0.1) is 0 Å². The summed E-state index contributed by atoms with van der Waals surface area (Å²) >= 11 is 5.54. The van der Waals surface area contributed by atoms with E-state index in [1.54, 1.807) is 0 Å². The van der Waals surface area contributed by atoms with Gasteiger partial charge in [-0.2, -0.15) is 0 Å². The van der Waals surface area contributed by atoms with Gasteiger partial charge in [-0.05, 0) is 6.42 Å². The van der Waals surface area contributed by atoms with Gasteiger partial charge in [0, 0.05) is 18.3 Å². The number of halogens is 1. The molecule has 0 aliphatic heterocycles. The van der Waals surface area contributed by atoms with Gasteiger partial charge >= 0.3 is 0 Å². The van der Waals surface area contributed by atoms with Gasteiger partial charge in [-0.3, -0.25) is 9.21 Å². The summed E-state index contributed by atoms with van der Waals surface area (Å²) in [7, 11) is 0. The Labute approximate surface area is 105 Å². The summed E-state index contributed by atoms with van der Waals surface area (Å²) in [6.07, 6.45) is 13.7. The molecule has 0 aromatic carbocycles. The molecule has 0 aromatic heterocycles. The van der Waals surface area contributed by atoms with Crippen LogP contribution in [0.5, 0.6) is 0 Å². The lowest BCUT2D eigenvalue weighted by Gasteiger charge is -2.06. The van der Waals surface area contributed by atoms with Crippen molar-refractivity contribution in [1.29, 1.82) is 0 Å². The fourth-order valence-corrected chi connectivity index (χ4v) is 1.92. The van der Waals surface area contributed by atoms with E-state index in [1.807, 2.05) is 0 Å². The van der Waals surface area contributed by atoms with Crippen molar-refractivity contribution in [3.63, 3.8) is 0 Å². The van der Waals surface area contributed by atoms with Crippen LogP contribution in [0.2, 0.25) is 0 Å². The summed E-state index contributed by atoms with van der Waals surface area (Å²) in [4.78, 5) is 10.2. The fraction of sp³-hybridized carbons (Fsp3) is 0.923. The first kappa shape index (κ1) is 15.8. The summed E-state index contributed by atoms with van der Waals surface area (Å²) in [5, 5.41) is 0. The lowest BCUT2D eigenvalue weighted by Crippen LogP contribution is -2.10. The highest BCUT2D eigenvalue weighted by atomic mass is 35.5. The van der Waals surface area contributed by atoms with Crippen LogP contribution in [0, 0.1) is 0 Å². The van der Waals surface area contributed by atoms with Crippen LogP contribution in [-0.4, -0.2) is 17.4 Å². The molecule has 0 atom stereocenters. The topological polar surface area (TPSA) is 20.3 Å². The number of carbonyl (C=O) groups excluding carboxylic acids is 1. The monoisotopic (exact) mass is 247 g/mol. The zero-order valence-corrected chi connectivity index (χ0v) is 11.3. The second-order valence-electron chi connectivity index (χ2n) is 4.41. The number of nitrogens with zero attached hydrogens (tertiary/aromatic N) is 1. The highest BCUT2D eigenvalue weighted by Crippen LogP contribution is 2.10. The van der Waals surface area contributed by atoms with Crippen molar-refractivity contribution in [1.82, 2.24) is 4.42 Å². The second kappa shape index (κ2) is 12.8. The first-order valence-electron chi connectivity index (χ1n) is 6.69. The number of carbonyl (C=O) groups is 1. The average Bonchev–Trinajstić information content (AvgIpc) is 2.31. The van der Waals surface area contributed by atoms with Crippen molar-refractivity contribution >= 4 is 18.2 Å². The lowest BCUT2D eigenvalue weighted by molar-refractivity contribution is -0.114. The molecule has 96 valence electrons. The SMILES string of the molecule is CCCCCCCCCCCCN(Cl)C=O. The van der Waals surface area contributed by atoms with Crippen molar-refractivity contribution < 1.29 is 4.79 Å². The molecular formula is C13H26ClNO. The summed E-state index contributed by atoms with van der Waals surface area (Å²) in [5.74, 6) is 0. The molecule has 0 aliphatic carbocycles. The van der Waals surface area contributed by atoms with Crippen LogP contribution in [0.3, 0.4) is 0 Å². The Balaban J connectivity index is 2.96. The van der Waals surface area contributed by atoms with Gasteiger partial charge in [0.2, 0.25) is 6.41 Å². The molecule has 2 nitrogen and oxygen atoms in total. The molecule has 16 heavy (non-hydrogen) atoms. The number of hydrogen-bond acceptors (Lipinski definition) is 1. The van der Waals surface area contributed by atoms with E-state index in [-0.39, 0.29) is 0 Å². The van der Waals surface area contributed by atoms with Crippen LogP contribution >= 0.6 is 11.8 Å². The van der Waals surface area contributed by atoms with Gasteiger partial charge in [-0.25, -0.2) is 0 Å². The van der Waals surface area contributed by atoms with Gasteiger partial charge in [0.15, 0.2) is 0 Å². The molecule has 0 saturated heterocycles. The molecular weight excluding hydrogens is 222 g/mol. The molecule has 0 saturated carbocycles. The van der Waals surface area contributed by atoms with Crippen LogP contribution in [0.25, 0.3) is 0 Å². The summed E-state index contributed by atoms with van der Waals surface area (Å²) in [6, 6.07) is 0. The van der Waals surface area contributed by atoms with E-state index in [4.69, 9.17) is 11.8 Å². The maximum absolute atomic E-state index is 10.2. The van der Waals surface area contributed by atoms with E-state index >= 15 is 0 Å². The Kier molecular flexibility index (Phi) is 12.6. The van der Waals surface area contributed by atoms with Gasteiger partial charge in [-0.1, -0.05) is 64.7 Å². The van der Waals surface area contributed by atoms with Crippen LogP contribution in [0.4, 0.5) is 0 Å². The normalized spacial score (nSPS) is 10.4. The van der Waals surface area contributed by atoms with Crippen LogP contribution in [0.1, 0.15) is 71.1 Å². The quantitative estimate of drug-likeness (QED) is 0.282. The molecule has 1 amide bonds. The van der Waals surface area contributed by atoms with E-state index in [0.717, 1.165) is 6.42 Å². The minimum Gasteiger partial charge on any atom is -0.277 e. The third kappa shape index (κ3) is 11.8. The van der Waals surface area contributed by atoms with E-state index in [2.05, 4.69) is 6.92 Å². The first-order chi connectivity index (χ1) is 7.81. The van der Waals surface area contributed by atoms with E-state index < -0.39 is 0 Å². The molecule has 0 aromatic rings. The van der Waals surface area contributed by atoms with E-state index in [0.29, 0.717) is 13.0 Å². The van der Waals surface area contributed by atoms with E-state index in [1.165, 1.54) is 62.2 Å². The van der Waals surface area contributed by atoms with E-state index in [9.17, 15) is 4.79 Å². The molecule has 0 radical (unpaired) electrons. The van der Waals surface area contributed by atoms with Gasteiger partial charge < -0.3 is 0 Å². The Morgan fingerprint density at radius 2 is 1.31 bits per heavy atom. The van der Waals surface area contributed by atoms with Crippen molar-refractivity contribution in [2.24, 2.45) is 0 Å². The summed E-state index contributed by atoms with van der Waals surface area (Å²) in [6.45, 7) is 2.93. The minimum atomic E-state index is 0.676. The molecule has 0 fully saturated rings. The fourth-order valence-electron chi connectivity index (χ4n) is 1.80. The number of amides is 1. The summed E-state index contributed by atoms with van der Waals surface area (Å²) in [5.41, 5.74) is 0. The Hall–Kier alpha value is -0.240. The third-order valence-corrected chi connectivity index (χ3v) is 3.09. The zero-order valence-electron chi connectivity index (χ0n) is 10.6. The van der Waals surface area contributed by atoms with Crippen molar-refractivity contribution in [3.8, 4) is 0 Å². The Morgan fingerprint density at radius 3 is 1.75 bits per heavy atom. The standard InChI is InChI=1S/C13H26ClNO/c1-2-3-4-5-6-7-8-9-10-11-12-15(14)13-16/h13H,2-12H2,1H3. The zero-order chi connectivity index (χ0) is 12.1. The van der Waals surface area contributed by atoms with Gasteiger partial charge in [0.25, 0.3) is 0 Å². The molecule has 3 heteroatoms. The molecule has 0 spiro atoms. The maximum Gasteiger partial charge on any atom is 0.224 e.